The SMILES string of the molecule is O=Cc1ccc2cc(-c3ccccc3NC(=O)Nc3cc(C(F)(F)F)cc(C(F)(F)F)c3)ccc2n1. The molecule has 0 fully saturated rings. The Kier molecular flexibility index (Phi) is 6.40. The minimum Gasteiger partial charge on any atom is -0.308 e. The van der Waals surface area contributed by atoms with Gasteiger partial charge in [-0.1, -0.05) is 30.3 Å². The molecule has 0 unspecified atom stereocenters. The molecule has 0 aliphatic rings. The monoisotopic (exact) mass is 503 g/mol. The number of hydrogen-bond acceptors (Lipinski definition) is 3. The van der Waals surface area contributed by atoms with Crippen molar-refractivity contribution in [2.45, 2.75) is 12.4 Å². The molecule has 4 rings (SSSR count). The lowest BCUT2D eigenvalue weighted by Crippen LogP contribution is -2.21. The van der Waals surface area contributed by atoms with E-state index in [-0.39, 0.29) is 17.4 Å². The zero-order valence-corrected chi connectivity index (χ0v) is 18.0. The van der Waals surface area contributed by atoms with Crippen LogP contribution in [0.15, 0.2) is 72.8 Å². The van der Waals surface area contributed by atoms with Crippen molar-refractivity contribution in [1.29, 1.82) is 0 Å². The predicted octanol–water partition coefficient (Wildman–Crippen LogP) is 7.40. The fraction of sp³-hybridized carbons (Fsp3) is 0.0800. The molecule has 0 aliphatic heterocycles. The molecule has 5 nitrogen and oxygen atoms in total. The number of carbonyl (C=O) groups excluding carboxylic acids is 2. The zero-order valence-electron chi connectivity index (χ0n) is 18.0. The van der Waals surface area contributed by atoms with Gasteiger partial charge in [-0.25, -0.2) is 9.78 Å². The lowest BCUT2D eigenvalue weighted by atomic mass is 10.0. The van der Waals surface area contributed by atoms with E-state index < -0.39 is 35.2 Å². The Bertz CT molecular complexity index is 1430. The van der Waals surface area contributed by atoms with Gasteiger partial charge >= 0.3 is 18.4 Å². The third-order valence-electron chi connectivity index (χ3n) is 5.16. The Morgan fingerprint density at radius 2 is 1.44 bits per heavy atom. The van der Waals surface area contributed by atoms with Gasteiger partial charge in [-0.15, -0.1) is 0 Å². The Morgan fingerprint density at radius 3 is 2.08 bits per heavy atom. The third-order valence-corrected chi connectivity index (χ3v) is 5.16. The van der Waals surface area contributed by atoms with Gasteiger partial charge in [-0.3, -0.25) is 4.79 Å². The topological polar surface area (TPSA) is 71.1 Å². The van der Waals surface area contributed by atoms with Gasteiger partial charge in [0.1, 0.15) is 5.69 Å². The molecule has 0 atom stereocenters. The number of halogens is 6. The number of hydrogen-bond donors (Lipinski definition) is 2. The van der Waals surface area contributed by atoms with Crippen molar-refractivity contribution in [2.24, 2.45) is 0 Å². The second-order valence-corrected chi connectivity index (χ2v) is 7.68. The average Bonchev–Trinajstić information content (AvgIpc) is 2.82. The average molecular weight is 503 g/mol. The summed E-state index contributed by atoms with van der Waals surface area (Å²) in [6.45, 7) is 0. The van der Waals surface area contributed by atoms with Crippen LogP contribution in [0.2, 0.25) is 0 Å². The predicted molar refractivity (Wildman–Crippen MR) is 122 cm³/mol. The third kappa shape index (κ3) is 5.45. The molecule has 36 heavy (non-hydrogen) atoms. The van der Waals surface area contributed by atoms with Crippen molar-refractivity contribution in [2.75, 3.05) is 10.6 Å². The van der Waals surface area contributed by atoms with E-state index in [0.29, 0.717) is 40.4 Å². The number of benzene rings is 3. The molecule has 0 saturated carbocycles. The maximum absolute atomic E-state index is 13.1. The van der Waals surface area contributed by atoms with E-state index in [2.05, 4.69) is 10.3 Å². The zero-order chi connectivity index (χ0) is 26.1. The molecule has 2 N–H and O–H groups in total. The largest absolute Gasteiger partial charge is 0.416 e. The van der Waals surface area contributed by atoms with Crippen molar-refractivity contribution in [3.8, 4) is 11.1 Å². The maximum atomic E-state index is 13.1. The summed E-state index contributed by atoms with van der Waals surface area (Å²) in [6, 6.07) is 14.7. The molecule has 2 amide bonds. The second kappa shape index (κ2) is 9.33. The molecule has 11 heteroatoms. The summed E-state index contributed by atoms with van der Waals surface area (Å²) >= 11 is 0. The van der Waals surface area contributed by atoms with Crippen LogP contribution < -0.4 is 10.6 Å². The van der Waals surface area contributed by atoms with E-state index >= 15 is 0 Å². The van der Waals surface area contributed by atoms with Crippen molar-refractivity contribution in [3.63, 3.8) is 0 Å². The van der Waals surface area contributed by atoms with E-state index in [1.807, 2.05) is 5.32 Å². The van der Waals surface area contributed by atoms with Crippen molar-refractivity contribution in [1.82, 2.24) is 4.98 Å². The van der Waals surface area contributed by atoms with Crippen LogP contribution in [0, 0.1) is 0 Å². The number of amides is 2. The standard InChI is InChI=1S/C25H15F6N3O2/c26-24(27,28)16-10-17(25(29,30)31)12-19(11-16)33-23(36)34-22-4-2-1-3-20(22)14-6-8-21-15(9-14)5-7-18(13-35)32-21/h1-13H,(H2,33,34,36). The Morgan fingerprint density at radius 1 is 0.778 bits per heavy atom. The maximum Gasteiger partial charge on any atom is 0.416 e. The molecule has 3 aromatic carbocycles. The van der Waals surface area contributed by atoms with Crippen LogP contribution in [0.5, 0.6) is 0 Å². The molecule has 0 radical (unpaired) electrons. The smallest absolute Gasteiger partial charge is 0.308 e. The summed E-state index contributed by atoms with van der Waals surface area (Å²) in [7, 11) is 0. The Labute approximate surface area is 199 Å². The highest BCUT2D eigenvalue weighted by Crippen LogP contribution is 2.38. The van der Waals surface area contributed by atoms with Crippen molar-refractivity contribution < 1.29 is 35.9 Å². The molecular weight excluding hydrogens is 488 g/mol. The van der Waals surface area contributed by atoms with E-state index in [9.17, 15) is 35.9 Å². The summed E-state index contributed by atoms with van der Waals surface area (Å²) in [6.07, 6.45) is -9.47. The number of para-hydroxylation sites is 1. The summed E-state index contributed by atoms with van der Waals surface area (Å²) in [5.74, 6) is 0. The van der Waals surface area contributed by atoms with E-state index in [1.165, 1.54) is 6.07 Å². The van der Waals surface area contributed by atoms with Gasteiger partial charge in [-0.2, -0.15) is 26.3 Å². The van der Waals surface area contributed by atoms with Crippen molar-refractivity contribution >= 4 is 34.6 Å². The summed E-state index contributed by atoms with van der Waals surface area (Å²) in [4.78, 5) is 27.7. The fourth-order valence-electron chi connectivity index (χ4n) is 3.53. The normalized spacial score (nSPS) is 11.8. The fourth-order valence-corrected chi connectivity index (χ4v) is 3.53. The van der Waals surface area contributed by atoms with E-state index in [1.54, 1.807) is 48.5 Å². The number of anilines is 2. The minimum absolute atomic E-state index is 0.0228. The molecule has 0 spiro atoms. The summed E-state index contributed by atoms with van der Waals surface area (Å²) < 4.78 is 78.6. The van der Waals surface area contributed by atoms with E-state index in [0.717, 1.165) is 0 Å². The van der Waals surface area contributed by atoms with Gasteiger partial charge in [0.15, 0.2) is 6.29 Å². The number of carbonyl (C=O) groups is 2. The van der Waals surface area contributed by atoms with Crippen LogP contribution in [0.4, 0.5) is 42.5 Å². The Balaban J connectivity index is 1.62. The number of aldehydes is 1. The van der Waals surface area contributed by atoms with Crippen LogP contribution in [-0.4, -0.2) is 17.3 Å². The van der Waals surface area contributed by atoms with E-state index in [4.69, 9.17) is 0 Å². The van der Waals surface area contributed by atoms with Gasteiger partial charge < -0.3 is 10.6 Å². The van der Waals surface area contributed by atoms with Gasteiger partial charge in [0.05, 0.1) is 22.3 Å². The van der Waals surface area contributed by atoms with Crippen LogP contribution in [0.25, 0.3) is 22.0 Å². The molecule has 4 aromatic rings. The quantitative estimate of drug-likeness (QED) is 0.225. The van der Waals surface area contributed by atoms with Gasteiger partial charge in [0.25, 0.3) is 0 Å². The molecule has 1 heterocycles. The highest BCUT2D eigenvalue weighted by Gasteiger charge is 2.37. The molecule has 0 aliphatic carbocycles. The number of nitrogens with zero attached hydrogens (tertiary/aromatic N) is 1. The number of fused-ring (bicyclic) bond motifs is 1. The summed E-state index contributed by atoms with van der Waals surface area (Å²) in [5.41, 5.74) is -1.49. The first-order chi connectivity index (χ1) is 16.9. The first-order valence-corrected chi connectivity index (χ1v) is 10.3. The second-order valence-electron chi connectivity index (χ2n) is 7.68. The molecule has 0 saturated heterocycles. The van der Waals surface area contributed by atoms with Crippen LogP contribution in [0.3, 0.4) is 0 Å². The number of pyridine rings is 1. The molecular formula is C25H15F6N3O2. The summed E-state index contributed by atoms with van der Waals surface area (Å²) in [5, 5.41) is 5.22. The highest BCUT2D eigenvalue weighted by atomic mass is 19.4. The van der Waals surface area contributed by atoms with Crippen molar-refractivity contribution in [3.05, 3.63) is 89.6 Å². The Hall–Kier alpha value is -4.41. The number of alkyl halides is 6. The van der Waals surface area contributed by atoms with Crippen LogP contribution >= 0.6 is 0 Å². The number of urea groups is 1. The lowest BCUT2D eigenvalue weighted by molar-refractivity contribution is -0.143. The molecule has 1 aromatic heterocycles. The van der Waals surface area contributed by atoms with Gasteiger partial charge in [0, 0.05) is 16.6 Å². The first-order valence-electron chi connectivity index (χ1n) is 10.3. The molecule has 0 bridgehead atoms. The number of rotatable bonds is 4. The minimum atomic E-state index is -5.04. The number of aromatic nitrogens is 1. The highest BCUT2D eigenvalue weighted by molar-refractivity contribution is 6.03. The molecule has 184 valence electrons. The number of nitrogens with one attached hydrogen (secondary N) is 2. The van der Waals surface area contributed by atoms with Crippen LogP contribution in [-0.2, 0) is 12.4 Å². The van der Waals surface area contributed by atoms with Gasteiger partial charge in [0.2, 0.25) is 0 Å². The van der Waals surface area contributed by atoms with Crippen LogP contribution in [0.1, 0.15) is 21.6 Å². The first kappa shape index (κ1) is 24.7. The van der Waals surface area contributed by atoms with Gasteiger partial charge in [-0.05, 0) is 48.0 Å². The lowest BCUT2D eigenvalue weighted by Gasteiger charge is -2.16.